The first-order valence-electron chi connectivity index (χ1n) is 9.69. The van der Waals surface area contributed by atoms with Crippen LogP contribution < -0.4 is 9.47 Å². The standard InChI is InChI=1S/C21H24N6O3/c1-25-9-11-26(12-10-25)21(28)17-13-18(16-5-4-6-20(23-16)30-3)27(24-17)15-7-8-19(29-2)22-14-15/h4-8,13-14H,9-12H2,1-3H3. The normalized spacial score (nSPS) is 14.6. The van der Waals surface area contributed by atoms with Crippen LogP contribution in [0.1, 0.15) is 10.5 Å². The molecule has 0 saturated carbocycles. The molecule has 0 radical (unpaired) electrons. The fourth-order valence-electron chi connectivity index (χ4n) is 3.33. The first kappa shape index (κ1) is 19.8. The highest BCUT2D eigenvalue weighted by Crippen LogP contribution is 2.25. The molecule has 0 aliphatic carbocycles. The maximum absolute atomic E-state index is 13.1. The number of piperazine rings is 1. The molecule has 0 atom stereocenters. The molecule has 156 valence electrons. The van der Waals surface area contributed by atoms with Gasteiger partial charge in [0.05, 0.1) is 37.5 Å². The Balaban J connectivity index is 1.75. The van der Waals surface area contributed by atoms with E-state index < -0.39 is 0 Å². The van der Waals surface area contributed by atoms with Crippen molar-refractivity contribution in [3.05, 3.63) is 48.3 Å². The van der Waals surface area contributed by atoms with Gasteiger partial charge in [-0.1, -0.05) is 6.07 Å². The average molecular weight is 408 g/mol. The Morgan fingerprint density at radius 2 is 1.77 bits per heavy atom. The van der Waals surface area contributed by atoms with Crippen LogP contribution in [0.2, 0.25) is 0 Å². The Labute approximate surface area is 174 Å². The molecule has 3 aromatic heterocycles. The molecule has 0 bridgehead atoms. The SMILES string of the molecule is COc1ccc(-n2nc(C(=O)N3CCN(C)CC3)cc2-c2cccc(OC)n2)cn1. The van der Waals surface area contributed by atoms with Gasteiger partial charge in [-0.3, -0.25) is 4.79 Å². The molecule has 30 heavy (non-hydrogen) atoms. The number of aromatic nitrogens is 4. The van der Waals surface area contributed by atoms with Gasteiger partial charge in [0.1, 0.15) is 0 Å². The molecule has 4 rings (SSSR count). The molecule has 0 unspecified atom stereocenters. The Hall–Kier alpha value is -3.46. The van der Waals surface area contributed by atoms with Gasteiger partial charge in [0, 0.05) is 38.3 Å². The van der Waals surface area contributed by atoms with Gasteiger partial charge in [-0.05, 0) is 25.2 Å². The van der Waals surface area contributed by atoms with Crippen molar-refractivity contribution in [2.75, 3.05) is 47.4 Å². The molecule has 9 nitrogen and oxygen atoms in total. The summed E-state index contributed by atoms with van der Waals surface area (Å²) in [6.07, 6.45) is 1.65. The number of ether oxygens (including phenoxy) is 2. The number of amides is 1. The minimum atomic E-state index is -0.0903. The fourth-order valence-corrected chi connectivity index (χ4v) is 3.33. The predicted octanol–water partition coefficient (Wildman–Crippen LogP) is 1.73. The molecule has 1 amide bonds. The van der Waals surface area contributed by atoms with Gasteiger partial charge in [0.2, 0.25) is 11.8 Å². The molecular weight excluding hydrogens is 384 g/mol. The Morgan fingerprint density at radius 3 is 2.43 bits per heavy atom. The summed E-state index contributed by atoms with van der Waals surface area (Å²) in [5, 5.41) is 4.61. The van der Waals surface area contributed by atoms with E-state index in [0.717, 1.165) is 13.1 Å². The van der Waals surface area contributed by atoms with Crippen molar-refractivity contribution in [2.45, 2.75) is 0 Å². The number of nitrogens with zero attached hydrogens (tertiary/aromatic N) is 6. The highest BCUT2D eigenvalue weighted by Gasteiger charge is 2.25. The van der Waals surface area contributed by atoms with Crippen LogP contribution in [-0.4, -0.2) is 82.9 Å². The topological polar surface area (TPSA) is 85.6 Å². The van der Waals surface area contributed by atoms with Crippen molar-refractivity contribution in [3.63, 3.8) is 0 Å². The van der Waals surface area contributed by atoms with Crippen molar-refractivity contribution in [3.8, 4) is 28.8 Å². The second-order valence-corrected chi connectivity index (χ2v) is 7.05. The summed E-state index contributed by atoms with van der Waals surface area (Å²) in [7, 11) is 5.19. The first-order chi connectivity index (χ1) is 14.6. The summed E-state index contributed by atoms with van der Waals surface area (Å²) >= 11 is 0. The summed E-state index contributed by atoms with van der Waals surface area (Å²) in [5.74, 6) is 0.896. The number of methoxy groups -OCH3 is 2. The lowest BCUT2D eigenvalue weighted by atomic mass is 10.2. The molecule has 1 saturated heterocycles. The van der Waals surface area contributed by atoms with Crippen LogP contribution in [-0.2, 0) is 0 Å². The lowest BCUT2D eigenvalue weighted by Crippen LogP contribution is -2.47. The second kappa shape index (κ2) is 8.50. The zero-order valence-electron chi connectivity index (χ0n) is 17.3. The van der Waals surface area contributed by atoms with Crippen LogP contribution in [0.5, 0.6) is 11.8 Å². The van der Waals surface area contributed by atoms with Crippen molar-refractivity contribution in [1.82, 2.24) is 29.5 Å². The quantitative estimate of drug-likeness (QED) is 0.636. The molecule has 4 heterocycles. The molecule has 9 heteroatoms. The van der Waals surface area contributed by atoms with Crippen LogP contribution >= 0.6 is 0 Å². The number of hydrogen-bond donors (Lipinski definition) is 0. The largest absolute Gasteiger partial charge is 0.481 e. The van der Waals surface area contributed by atoms with E-state index in [1.165, 1.54) is 0 Å². The Kier molecular flexibility index (Phi) is 5.62. The molecule has 0 spiro atoms. The summed E-state index contributed by atoms with van der Waals surface area (Å²) in [6, 6.07) is 10.8. The number of likely N-dealkylation sites (N-methyl/N-ethyl adjacent to an activating group) is 1. The van der Waals surface area contributed by atoms with E-state index >= 15 is 0 Å². The van der Waals surface area contributed by atoms with E-state index in [0.29, 0.717) is 47.6 Å². The molecule has 1 aliphatic heterocycles. The van der Waals surface area contributed by atoms with Crippen molar-refractivity contribution in [1.29, 1.82) is 0 Å². The first-order valence-corrected chi connectivity index (χ1v) is 9.69. The molecule has 3 aromatic rings. The number of carbonyl (C=O) groups is 1. The van der Waals surface area contributed by atoms with Crippen molar-refractivity contribution < 1.29 is 14.3 Å². The van der Waals surface area contributed by atoms with Crippen LogP contribution in [0.4, 0.5) is 0 Å². The van der Waals surface area contributed by atoms with E-state index in [4.69, 9.17) is 9.47 Å². The molecule has 1 aliphatic rings. The van der Waals surface area contributed by atoms with E-state index in [1.54, 1.807) is 43.3 Å². The Morgan fingerprint density at radius 1 is 1.00 bits per heavy atom. The zero-order chi connectivity index (χ0) is 21.1. The third kappa shape index (κ3) is 3.97. The van der Waals surface area contributed by atoms with Crippen LogP contribution in [0.25, 0.3) is 17.1 Å². The summed E-state index contributed by atoms with van der Waals surface area (Å²) in [5.41, 5.74) is 2.40. The summed E-state index contributed by atoms with van der Waals surface area (Å²) < 4.78 is 12.1. The minimum absolute atomic E-state index is 0.0903. The average Bonchev–Trinajstić information content (AvgIpc) is 3.25. The minimum Gasteiger partial charge on any atom is -0.481 e. The van der Waals surface area contributed by atoms with Gasteiger partial charge >= 0.3 is 0 Å². The molecule has 0 N–H and O–H groups in total. The molecular formula is C21H24N6O3. The van der Waals surface area contributed by atoms with Crippen LogP contribution in [0, 0.1) is 0 Å². The van der Waals surface area contributed by atoms with E-state index in [2.05, 4.69) is 27.0 Å². The number of carbonyl (C=O) groups excluding carboxylic acids is 1. The number of hydrogen-bond acceptors (Lipinski definition) is 7. The van der Waals surface area contributed by atoms with Crippen molar-refractivity contribution in [2.24, 2.45) is 0 Å². The van der Waals surface area contributed by atoms with Crippen molar-refractivity contribution >= 4 is 5.91 Å². The predicted molar refractivity (Wildman–Crippen MR) is 111 cm³/mol. The van der Waals surface area contributed by atoms with E-state index in [1.807, 2.05) is 23.1 Å². The highest BCUT2D eigenvalue weighted by molar-refractivity contribution is 5.93. The summed E-state index contributed by atoms with van der Waals surface area (Å²) in [4.78, 5) is 25.9. The third-order valence-electron chi connectivity index (χ3n) is 5.09. The van der Waals surface area contributed by atoms with Crippen LogP contribution in [0.15, 0.2) is 42.6 Å². The lowest BCUT2D eigenvalue weighted by Gasteiger charge is -2.31. The van der Waals surface area contributed by atoms with Crippen LogP contribution in [0.3, 0.4) is 0 Å². The van der Waals surface area contributed by atoms with E-state index in [-0.39, 0.29) is 5.91 Å². The molecule has 1 fully saturated rings. The molecule has 0 aromatic carbocycles. The maximum Gasteiger partial charge on any atom is 0.274 e. The van der Waals surface area contributed by atoms with Gasteiger partial charge in [0.25, 0.3) is 5.91 Å². The van der Waals surface area contributed by atoms with Gasteiger partial charge in [-0.15, -0.1) is 0 Å². The van der Waals surface area contributed by atoms with Gasteiger partial charge in [-0.2, -0.15) is 5.10 Å². The van der Waals surface area contributed by atoms with Gasteiger partial charge in [0.15, 0.2) is 5.69 Å². The Bertz CT molecular complexity index is 1030. The highest BCUT2D eigenvalue weighted by atomic mass is 16.5. The smallest absolute Gasteiger partial charge is 0.274 e. The zero-order valence-corrected chi connectivity index (χ0v) is 17.3. The third-order valence-corrected chi connectivity index (χ3v) is 5.09. The lowest BCUT2D eigenvalue weighted by molar-refractivity contribution is 0.0657. The monoisotopic (exact) mass is 408 g/mol. The summed E-state index contributed by atoms with van der Waals surface area (Å²) in [6.45, 7) is 3.05. The number of rotatable bonds is 5. The van der Waals surface area contributed by atoms with Gasteiger partial charge in [-0.25, -0.2) is 14.6 Å². The number of pyridine rings is 2. The van der Waals surface area contributed by atoms with E-state index in [9.17, 15) is 4.79 Å². The fraction of sp³-hybridized carbons (Fsp3) is 0.333. The second-order valence-electron chi connectivity index (χ2n) is 7.05. The maximum atomic E-state index is 13.1. The van der Waals surface area contributed by atoms with Gasteiger partial charge < -0.3 is 19.3 Å².